The number of methoxy groups -OCH3 is 1. The molecule has 2 aromatic rings. The first-order chi connectivity index (χ1) is 14.0. The number of amides is 1. The van der Waals surface area contributed by atoms with Gasteiger partial charge in [-0.05, 0) is 56.2 Å². The number of nitrogens with one attached hydrogen (secondary N) is 1. The zero-order valence-electron chi connectivity index (χ0n) is 16.7. The second kappa shape index (κ2) is 11.1. The van der Waals surface area contributed by atoms with E-state index in [9.17, 15) is 13.6 Å². The van der Waals surface area contributed by atoms with Crippen LogP contribution in [0, 0.1) is 0 Å². The van der Waals surface area contributed by atoms with Crippen LogP contribution in [0.4, 0.5) is 8.78 Å². The molecule has 158 valence electrons. The lowest BCUT2D eigenvalue weighted by molar-refractivity contribution is -0.0512. The van der Waals surface area contributed by atoms with Crippen molar-refractivity contribution in [3.05, 3.63) is 47.5 Å². The summed E-state index contributed by atoms with van der Waals surface area (Å²) in [7, 11) is 1.32. The summed E-state index contributed by atoms with van der Waals surface area (Å²) in [6.07, 6.45) is 0.585. The third kappa shape index (κ3) is 6.51. The highest BCUT2D eigenvalue weighted by Crippen LogP contribution is 2.30. The second-order valence-corrected chi connectivity index (χ2v) is 5.90. The Morgan fingerprint density at radius 1 is 0.966 bits per heavy atom. The lowest BCUT2D eigenvalue weighted by Gasteiger charge is -2.13. The van der Waals surface area contributed by atoms with E-state index in [1.807, 2.05) is 32.0 Å². The Labute approximate surface area is 168 Å². The smallest absolute Gasteiger partial charge is 0.387 e. The van der Waals surface area contributed by atoms with Gasteiger partial charge >= 0.3 is 6.61 Å². The fourth-order valence-electron chi connectivity index (χ4n) is 2.68. The van der Waals surface area contributed by atoms with Crippen LogP contribution in [-0.4, -0.2) is 39.4 Å². The van der Waals surface area contributed by atoms with Crippen LogP contribution in [0.15, 0.2) is 36.4 Å². The fourth-order valence-corrected chi connectivity index (χ4v) is 2.68. The van der Waals surface area contributed by atoms with Crippen molar-refractivity contribution in [1.29, 1.82) is 0 Å². The van der Waals surface area contributed by atoms with Crippen LogP contribution in [0.5, 0.6) is 23.0 Å². The molecule has 0 aliphatic carbocycles. The predicted octanol–water partition coefficient (Wildman–Crippen LogP) is 4.07. The maximum atomic E-state index is 12.4. The largest absolute Gasteiger partial charge is 0.493 e. The van der Waals surface area contributed by atoms with Crippen molar-refractivity contribution in [2.75, 3.05) is 26.9 Å². The topological polar surface area (TPSA) is 66.0 Å². The molecule has 0 aliphatic heterocycles. The van der Waals surface area contributed by atoms with Crippen LogP contribution >= 0.6 is 0 Å². The highest BCUT2D eigenvalue weighted by atomic mass is 19.3. The first-order valence-electron chi connectivity index (χ1n) is 9.28. The summed E-state index contributed by atoms with van der Waals surface area (Å²) < 4.78 is 45.3. The van der Waals surface area contributed by atoms with Gasteiger partial charge in [0.05, 0.1) is 20.3 Å². The zero-order chi connectivity index (χ0) is 21.2. The average Bonchev–Trinajstić information content (AvgIpc) is 2.70. The molecular formula is C21H25F2NO5. The van der Waals surface area contributed by atoms with Crippen molar-refractivity contribution in [2.24, 2.45) is 0 Å². The Balaban J connectivity index is 1.98. The number of hydrogen-bond acceptors (Lipinski definition) is 5. The molecule has 29 heavy (non-hydrogen) atoms. The van der Waals surface area contributed by atoms with E-state index in [2.05, 4.69) is 10.1 Å². The third-order valence-corrected chi connectivity index (χ3v) is 3.95. The van der Waals surface area contributed by atoms with Gasteiger partial charge in [-0.2, -0.15) is 8.78 Å². The normalized spacial score (nSPS) is 10.6. The molecule has 0 radical (unpaired) electrons. The number of carbonyl (C=O) groups excluding carboxylic acids is 1. The first-order valence-corrected chi connectivity index (χ1v) is 9.28. The molecule has 1 N–H and O–H groups in total. The molecule has 0 heterocycles. The van der Waals surface area contributed by atoms with Gasteiger partial charge in [0.1, 0.15) is 0 Å². The minimum absolute atomic E-state index is 0.0609. The predicted molar refractivity (Wildman–Crippen MR) is 104 cm³/mol. The maximum absolute atomic E-state index is 12.4. The van der Waals surface area contributed by atoms with Gasteiger partial charge in [0, 0.05) is 12.1 Å². The van der Waals surface area contributed by atoms with Crippen molar-refractivity contribution < 1.29 is 32.5 Å². The first kappa shape index (κ1) is 22.3. The summed E-state index contributed by atoms with van der Waals surface area (Å²) in [5.41, 5.74) is 1.26. The standard InChI is InChI=1S/C21H25F2NO5/c1-4-27-16-8-6-14(12-19(16)28-5-2)10-11-24-20(25)15-7-9-17(29-21(22)23)18(13-15)26-3/h6-9,12-13,21H,4-5,10-11H2,1-3H3,(H,24,25). The summed E-state index contributed by atoms with van der Waals surface area (Å²) in [5.74, 6) is 0.934. The summed E-state index contributed by atoms with van der Waals surface area (Å²) in [6, 6.07) is 9.69. The van der Waals surface area contributed by atoms with Gasteiger partial charge in [0.25, 0.3) is 5.91 Å². The number of carbonyl (C=O) groups is 1. The molecule has 0 fully saturated rings. The molecule has 6 nitrogen and oxygen atoms in total. The Morgan fingerprint density at radius 2 is 1.66 bits per heavy atom. The average molecular weight is 409 g/mol. The molecule has 0 aromatic heterocycles. The van der Waals surface area contributed by atoms with Crippen LogP contribution in [0.3, 0.4) is 0 Å². The lowest BCUT2D eigenvalue weighted by Crippen LogP contribution is -2.25. The second-order valence-electron chi connectivity index (χ2n) is 5.90. The molecule has 0 saturated carbocycles. The Kier molecular flexibility index (Phi) is 8.51. The number of benzene rings is 2. The van der Waals surface area contributed by atoms with E-state index >= 15 is 0 Å². The number of rotatable bonds is 11. The minimum Gasteiger partial charge on any atom is -0.493 e. The number of alkyl halides is 2. The highest BCUT2D eigenvalue weighted by molar-refractivity contribution is 5.94. The number of halogens is 2. The Morgan fingerprint density at radius 3 is 2.31 bits per heavy atom. The minimum atomic E-state index is -2.97. The highest BCUT2D eigenvalue weighted by Gasteiger charge is 2.14. The van der Waals surface area contributed by atoms with Crippen LogP contribution in [0.25, 0.3) is 0 Å². The van der Waals surface area contributed by atoms with E-state index < -0.39 is 6.61 Å². The summed E-state index contributed by atoms with van der Waals surface area (Å²) in [4.78, 5) is 12.3. The van der Waals surface area contributed by atoms with Crippen molar-refractivity contribution in [1.82, 2.24) is 5.32 Å². The van der Waals surface area contributed by atoms with Gasteiger partial charge in [-0.15, -0.1) is 0 Å². The molecule has 0 spiro atoms. The van der Waals surface area contributed by atoms with Gasteiger partial charge in [-0.25, -0.2) is 0 Å². The van der Waals surface area contributed by atoms with Crippen LogP contribution in [-0.2, 0) is 6.42 Å². The van der Waals surface area contributed by atoms with Crippen molar-refractivity contribution >= 4 is 5.91 Å². The van der Waals surface area contributed by atoms with Gasteiger partial charge in [-0.3, -0.25) is 4.79 Å². The van der Waals surface area contributed by atoms with E-state index in [-0.39, 0.29) is 23.0 Å². The SMILES string of the molecule is CCOc1ccc(CCNC(=O)c2ccc(OC(F)F)c(OC)c2)cc1OCC. The Hall–Kier alpha value is -3.03. The van der Waals surface area contributed by atoms with Gasteiger partial charge in [0.15, 0.2) is 23.0 Å². The van der Waals surface area contributed by atoms with Crippen LogP contribution in [0.1, 0.15) is 29.8 Å². The van der Waals surface area contributed by atoms with E-state index in [4.69, 9.17) is 14.2 Å². The maximum Gasteiger partial charge on any atom is 0.387 e. The third-order valence-electron chi connectivity index (χ3n) is 3.95. The molecule has 8 heteroatoms. The molecule has 2 aromatic carbocycles. The van der Waals surface area contributed by atoms with Gasteiger partial charge < -0.3 is 24.3 Å². The van der Waals surface area contributed by atoms with Gasteiger partial charge in [0.2, 0.25) is 0 Å². The van der Waals surface area contributed by atoms with Gasteiger partial charge in [-0.1, -0.05) is 6.07 Å². The van der Waals surface area contributed by atoms with Crippen molar-refractivity contribution in [3.63, 3.8) is 0 Å². The summed E-state index contributed by atoms with van der Waals surface area (Å²) >= 11 is 0. The quantitative estimate of drug-likeness (QED) is 0.606. The van der Waals surface area contributed by atoms with Crippen molar-refractivity contribution in [3.8, 4) is 23.0 Å². The van der Waals surface area contributed by atoms with Crippen molar-refractivity contribution in [2.45, 2.75) is 26.9 Å². The van der Waals surface area contributed by atoms with E-state index in [1.165, 1.54) is 25.3 Å². The van der Waals surface area contributed by atoms with E-state index in [0.717, 1.165) is 5.56 Å². The lowest BCUT2D eigenvalue weighted by atomic mass is 10.1. The zero-order valence-corrected chi connectivity index (χ0v) is 16.7. The molecule has 0 aliphatic rings. The molecule has 0 unspecified atom stereocenters. The summed E-state index contributed by atoms with van der Waals surface area (Å²) in [5, 5.41) is 2.79. The molecule has 0 atom stereocenters. The number of hydrogen-bond donors (Lipinski definition) is 1. The van der Waals surface area contributed by atoms with E-state index in [0.29, 0.717) is 37.7 Å². The molecule has 1 amide bonds. The monoisotopic (exact) mass is 409 g/mol. The molecule has 0 saturated heterocycles. The molecular weight excluding hydrogens is 384 g/mol. The number of ether oxygens (including phenoxy) is 4. The fraction of sp³-hybridized carbons (Fsp3) is 0.381. The molecule has 0 bridgehead atoms. The van der Waals surface area contributed by atoms with Crippen LogP contribution < -0.4 is 24.3 Å². The summed E-state index contributed by atoms with van der Waals surface area (Å²) in [6.45, 7) is 2.28. The van der Waals surface area contributed by atoms with E-state index in [1.54, 1.807) is 0 Å². The van der Waals surface area contributed by atoms with Crippen LogP contribution in [0.2, 0.25) is 0 Å². The molecule has 2 rings (SSSR count). The Bertz CT molecular complexity index is 814.